The maximum atomic E-state index is 12.7. The quantitative estimate of drug-likeness (QED) is 0.208. The molecule has 0 spiro atoms. The second-order valence-corrected chi connectivity index (χ2v) is 11.8. The Labute approximate surface area is 235 Å². The van der Waals surface area contributed by atoms with Gasteiger partial charge in [-0.15, -0.1) is 10.2 Å². The lowest BCUT2D eigenvalue weighted by atomic mass is 10.3. The van der Waals surface area contributed by atoms with Gasteiger partial charge in [0.2, 0.25) is 16.0 Å². The highest BCUT2D eigenvalue weighted by molar-refractivity contribution is 7.92. The molecule has 13 nitrogen and oxygen atoms in total. The zero-order valence-corrected chi connectivity index (χ0v) is 23.1. The Kier molecular flexibility index (Phi) is 7.56. The highest BCUT2D eigenvalue weighted by Gasteiger charge is 2.18. The van der Waals surface area contributed by atoms with Gasteiger partial charge in [-0.3, -0.25) is 0 Å². The van der Waals surface area contributed by atoms with Gasteiger partial charge in [-0.05, 0) is 73.7 Å². The third kappa shape index (κ3) is 6.43. The summed E-state index contributed by atoms with van der Waals surface area (Å²) in [5, 5.41) is 21.8. The van der Waals surface area contributed by atoms with Crippen LogP contribution >= 0.6 is 0 Å². The SMILES string of the molecule is Cc1c(N=Nc2ccc(S(=O)(=O)Nc3ncccn3)cc2)c(Nc2ccccc2)nn1-c1ccc(S(N)(=O)=O)cc1. The summed E-state index contributed by atoms with van der Waals surface area (Å²) >= 11 is 0. The van der Waals surface area contributed by atoms with Gasteiger partial charge in [0.05, 0.1) is 26.9 Å². The van der Waals surface area contributed by atoms with Crippen molar-refractivity contribution in [3.8, 4) is 5.69 Å². The summed E-state index contributed by atoms with van der Waals surface area (Å²) in [5.41, 5.74) is 2.78. The zero-order valence-electron chi connectivity index (χ0n) is 21.4. The number of hydrogen-bond acceptors (Lipinski definition) is 10. The summed E-state index contributed by atoms with van der Waals surface area (Å²) in [6, 6.07) is 22.7. The van der Waals surface area contributed by atoms with Crippen molar-refractivity contribution >= 4 is 48.9 Å². The molecule has 0 aliphatic heterocycles. The van der Waals surface area contributed by atoms with E-state index in [1.54, 1.807) is 29.8 Å². The number of aromatic nitrogens is 4. The largest absolute Gasteiger partial charge is 0.337 e. The Morgan fingerprint density at radius 3 is 2.05 bits per heavy atom. The minimum absolute atomic E-state index is 0.00211. The Morgan fingerprint density at radius 2 is 1.41 bits per heavy atom. The minimum atomic E-state index is -3.90. The molecule has 0 atom stereocenters. The molecule has 4 N–H and O–H groups in total. The highest BCUT2D eigenvalue weighted by Crippen LogP contribution is 2.34. The average Bonchev–Trinajstić information content (AvgIpc) is 3.27. The van der Waals surface area contributed by atoms with E-state index in [0.717, 1.165) is 5.69 Å². The van der Waals surface area contributed by atoms with Gasteiger partial charge in [0.15, 0.2) is 11.5 Å². The maximum absolute atomic E-state index is 12.7. The number of para-hydroxylation sites is 1. The summed E-state index contributed by atoms with van der Waals surface area (Å²) in [5.74, 6) is 0.362. The molecule has 41 heavy (non-hydrogen) atoms. The second kappa shape index (κ2) is 11.2. The molecular formula is C26H23N9O4S2. The molecule has 5 aromatic rings. The van der Waals surface area contributed by atoms with Crippen molar-refractivity contribution in [1.29, 1.82) is 0 Å². The van der Waals surface area contributed by atoms with Crippen molar-refractivity contribution in [2.45, 2.75) is 16.7 Å². The number of benzene rings is 3. The van der Waals surface area contributed by atoms with Gasteiger partial charge in [-0.25, -0.2) is 41.3 Å². The topological polar surface area (TPSA) is 187 Å². The van der Waals surface area contributed by atoms with Crippen molar-refractivity contribution < 1.29 is 16.8 Å². The van der Waals surface area contributed by atoms with Crippen molar-refractivity contribution in [3.05, 3.63) is 103 Å². The number of nitrogens with two attached hydrogens (primary N) is 1. The first-order valence-electron chi connectivity index (χ1n) is 12.0. The van der Waals surface area contributed by atoms with E-state index in [1.165, 1.54) is 48.8 Å². The molecule has 5 rings (SSSR count). The fourth-order valence-corrected chi connectivity index (χ4v) is 5.19. The Balaban J connectivity index is 1.45. The normalized spacial score (nSPS) is 12.0. The zero-order chi connectivity index (χ0) is 29.0. The van der Waals surface area contributed by atoms with Crippen LogP contribution in [0.3, 0.4) is 0 Å². The van der Waals surface area contributed by atoms with E-state index in [0.29, 0.717) is 28.6 Å². The predicted octanol–water partition coefficient (Wildman–Crippen LogP) is 4.58. The Morgan fingerprint density at radius 1 is 0.780 bits per heavy atom. The number of rotatable bonds is 9. The lowest BCUT2D eigenvalue weighted by molar-refractivity contribution is 0.597. The molecule has 208 valence electrons. The highest BCUT2D eigenvalue weighted by atomic mass is 32.2. The van der Waals surface area contributed by atoms with Crippen LogP contribution in [0.2, 0.25) is 0 Å². The number of anilines is 3. The van der Waals surface area contributed by atoms with E-state index < -0.39 is 20.0 Å². The van der Waals surface area contributed by atoms with Crippen molar-refractivity contribution in [1.82, 2.24) is 19.7 Å². The van der Waals surface area contributed by atoms with E-state index >= 15 is 0 Å². The van der Waals surface area contributed by atoms with Gasteiger partial charge in [0.25, 0.3) is 10.0 Å². The van der Waals surface area contributed by atoms with Gasteiger partial charge >= 0.3 is 0 Å². The molecule has 3 aromatic carbocycles. The summed E-state index contributed by atoms with van der Waals surface area (Å²) in [7, 11) is -7.75. The van der Waals surface area contributed by atoms with Crippen LogP contribution in [0.4, 0.5) is 28.8 Å². The first-order chi connectivity index (χ1) is 19.6. The maximum Gasteiger partial charge on any atom is 0.264 e. The molecule has 0 aliphatic rings. The van der Waals surface area contributed by atoms with E-state index in [9.17, 15) is 16.8 Å². The van der Waals surface area contributed by atoms with Crippen LogP contribution in [-0.4, -0.2) is 36.6 Å². The monoisotopic (exact) mass is 589 g/mol. The first kappa shape index (κ1) is 27.6. The molecule has 0 unspecified atom stereocenters. The smallest absolute Gasteiger partial charge is 0.264 e. The summed E-state index contributed by atoms with van der Waals surface area (Å²) in [4.78, 5) is 7.73. The van der Waals surface area contributed by atoms with Crippen LogP contribution in [0.25, 0.3) is 5.69 Å². The molecule has 0 aliphatic carbocycles. The van der Waals surface area contributed by atoms with Gasteiger partial charge in [0, 0.05) is 18.1 Å². The van der Waals surface area contributed by atoms with Crippen molar-refractivity contribution in [3.63, 3.8) is 0 Å². The van der Waals surface area contributed by atoms with Gasteiger partial charge < -0.3 is 5.32 Å². The minimum Gasteiger partial charge on any atom is -0.337 e. The first-order valence-corrected chi connectivity index (χ1v) is 15.0. The molecule has 2 heterocycles. The molecule has 0 saturated carbocycles. The molecule has 0 radical (unpaired) electrons. The molecular weight excluding hydrogens is 566 g/mol. The average molecular weight is 590 g/mol. The van der Waals surface area contributed by atoms with Crippen LogP contribution in [0.1, 0.15) is 5.69 Å². The van der Waals surface area contributed by atoms with E-state index in [1.807, 2.05) is 30.3 Å². The number of nitrogens with zero attached hydrogens (tertiary/aromatic N) is 6. The van der Waals surface area contributed by atoms with Crippen molar-refractivity contribution in [2.24, 2.45) is 15.4 Å². The third-order valence-electron chi connectivity index (χ3n) is 5.73. The lowest BCUT2D eigenvalue weighted by Gasteiger charge is -2.06. The molecule has 0 saturated heterocycles. The number of sulfonamides is 2. The van der Waals surface area contributed by atoms with Crippen LogP contribution in [0, 0.1) is 6.92 Å². The predicted molar refractivity (Wildman–Crippen MR) is 153 cm³/mol. The molecule has 2 aromatic heterocycles. The molecule has 0 amide bonds. The number of primary sulfonamides is 1. The van der Waals surface area contributed by atoms with Gasteiger partial charge in [-0.1, -0.05) is 18.2 Å². The number of azo groups is 1. The van der Waals surface area contributed by atoms with Crippen LogP contribution in [0.15, 0.2) is 117 Å². The molecule has 0 fully saturated rings. The second-order valence-electron chi connectivity index (χ2n) is 8.60. The number of nitrogens with one attached hydrogen (secondary N) is 2. The van der Waals surface area contributed by atoms with Gasteiger partial charge in [0.1, 0.15) is 0 Å². The third-order valence-corrected chi connectivity index (χ3v) is 8.01. The standard InChI is InChI=1S/C26H23N9O4S2/c1-18-24(32-31-20-8-12-23(13-9-20)41(38,39)34-26-28-16-5-17-29-26)25(30-19-6-3-2-4-7-19)33-35(18)21-10-14-22(15-11-21)40(27,36)37/h2-17H,1H3,(H,30,33)(H2,27,36,37)(H,28,29,34). The fourth-order valence-electron chi connectivity index (χ4n) is 3.72. The van der Waals surface area contributed by atoms with Gasteiger partial charge in [-0.2, -0.15) is 5.11 Å². The van der Waals surface area contributed by atoms with E-state index in [2.05, 4.69) is 35.3 Å². The summed E-state index contributed by atoms with van der Waals surface area (Å²) in [6.45, 7) is 1.79. The Bertz CT molecular complexity index is 1910. The van der Waals surface area contributed by atoms with Crippen LogP contribution < -0.4 is 15.2 Å². The van der Waals surface area contributed by atoms with Crippen molar-refractivity contribution in [2.75, 3.05) is 10.0 Å². The van der Waals surface area contributed by atoms with Crippen LogP contribution in [-0.2, 0) is 20.0 Å². The molecule has 15 heteroatoms. The summed E-state index contributed by atoms with van der Waals surface area (Å²) in [6.07, 6.45) is 2.86. The lowest BCUT2D eigenvalue weighted by Crippen LogP contribution is -2.14. The van der Waals surface area contributed by atoms with E-state index in [4.69, 9.17) is 5.14 Å². The summed E-state index contributed by atoms with van der Waals surface area (Å²) < 4.78 is 52.6. The Hall–Kier alpha value is -4.99. The van der Waals surface area contributed by atoms with E-state index in [-0.39, 0.29) is 15.7 Å². The van der Waals surface area contributed by atoms with Crippen LogP contribution in [0.5, 0.6) is 0 Å². The number of hydrogen-bond donors (Lipinski definition) is 3. The molecule has 0 bridgehead atoms. The fraction of sp³-hybridized carbons (Fsp3) is 0.0385.